The highest BCUT2D eigenvalue weighted by molar-refractivity contribution is 9.09. The summed E-state index contributed by atoms with van der Waals surface area (Å²) in [5.74, 6) is 2.46. The van der Waals surface area contributed by atoms with Gasteiger partial charge in [0.2, 0.25) is 11.8 Å². The number of hydrogen-bond acceptors (Lipinski definition) is 20. The Labute approximate surface area is 596 Å². The second-order valence-corrected chi connectivity index (χ2v) is 22.6. The minimum absolute atomic E-state index is 0.0498. The Morgan fingerprint density at radius 1 is 0.406 bits per heavy atom. The van der Waals surface area contributed by atoms with Crippen molar-refractivity contribution in [1.29, 1.82) is 0 Å². The van der Waals surface area contributed by atoms with E-state index in [1.807, 2.05) is 72.8 Å². The number of amides is 6. The Hall–Kier alpha value is -9.64. The van der Waals surface area contributed by atoms with Crippen LogP contribution in [0, 0.1) is 24.7 Å². The van der Waals surface area contributed by atoms with E-state index in [9.17, 15) is 43.5 Å². The van der Waals surface area contributed by atoms with Gasteiger partial charge in [0, 0.05) is 25.7 Å². The molecule has 0 bridgehead atoms. The molecule has 6 aromatic carbocycles. The highest BCUT2D eigenvalue weighted by atomic mass is 79.9. The number of nitrogens with zero attached hydrogens (tertiary/aromatic N) is 2. The quantitative estimate of drug-likeness (QED) is 0.0112. The molecule has 0 fully saturated rings. The molecule has 0 aromatic heterocycles. The maximum Gasteiger partial charge on any atom is 0.329 e. The first-order valence-electron chi connectivity index (χ1n) is 32.7. The molecule has 2 aliphatic rings. The Bertz CT molecular complexity index is 3540. The van der Waals surface area contributed by atoms with E-state index in [1.54, 1.807) is 72.8 Å². The van der Waals surface area contributed by atoms with Crippen molar-refractivity contribution in [2.75, 3.05) is 131 Å². The fourth-order valence-corrected chi connectivity index (χ4v) is 9.58. The summed E-state index contributed by atoms with van der Waals surface area (Å²) in [5.41, 5.74) is 4.92. The molecule has 25 heteroatoms. The summed E-state index contributed by atoms with van der Waals surface area (Å²) in [6, 6.07) is 43.8. The molecule has 0 unspecified atom stereocenters. The third-order valence-corrected chi connectivity index (χ3v) is 15.0. The van der Waals surface area contributed by atoms with Gasteiger partial charge in [-0.3, -0.25) is 38.6 Å². The molecule has 6 aromatic rings. The lowest BCUT2D eigenvalue weighted by Gasteiger charge is -2.18. The Morgan fingerprint density at radius 2 is 0.713 bits per heavy atom. The summed E-state index contributed by atoms with van der Waals surface area (Å²) in [6.07, 6.45) is 10.5. The number of carbonyl (C=O) groups excluding carboxylic acids is 8. The molecule has 0 radical (unpaired) electrons. The molecule has 0 aliphatic carbocycles. The molecule has 24 nitrogen and oxygen atoms in total. The fraction of sp³-hybridized carbons (Fsp3) is 0.368. The minimum atomic E-state index is -0.902. The number of terminal acetylenes is 2. The molecule has 3 N–H and O–H groups in total. The van der Waals surface area contributed by atoms with Crippen molar-refractivity contribution in [1.82, 2.24) is 20.4 Å². The molecule has 8 rings (SSSR count). The SMILES string of the molecule is C#CCBr.C#CCOc1ccc(C[C@H](NC(=O)CCOCCOCCOCCOCCN2C(=O)c3ccccc3C2=O)C(=O)OCc2ccccc2)cc1.O=C(CCOCCOCCOCCOCCN1C(=O)c2ccccc2C1=O)N[C@@H](Cc1ccc(O)cc1)C(=O)OCc1ccccc1. The van der Waals surface area contributed by atoms with Gasteiger partial charge in [-0.05, 0) is 70.8 Å². The van der Waals surface area contributed by atoms with E-state index < -0.39 is 24.0 Å². The molecule has 0 saturated carbocycles. The monoisotopic (exact) mass is 1450 g/mol. The van der Waals surface area contributed by atoms with Crippen LogP contribution >= 0.6 is 15.9 Å². The van der Waals surface area contributed by atoms with Crippen molar-refractivity contribution in [3.63, 3.8) is 0 Å². The highest BCUT2D eigenvalue weighted by Crippen LogP contribution is 2.24. The zero-order valence-corrected chi connectivity index (χ0v) is 57.8. The van der Waals surface area contributed by atoms with Crippen LogP contribution in [0.2, 0.25) is 0 Å². The van der Waals surface area contributed by atoms with Crippen LogP contribution in [0.4, 0.5) is 0 Å². The van der Waals surface area contributed by atoms with Crippen molar-refractivity contribution in [2.24, 2.45) is 0 Å². The lowest BCUT2D eigenvalue weighted by atomic mass is 10.1. The van der Waals surface area contributed by atoms with Crippen LogP contribution in [0.5, 0.6) is 11.5 Å². The summed E-state index contributed by atoms with van der Waals surface area (Å²) < 4.78 is 60.3. The van der Waals surface area contributed by atoms with Crippen molar-refractivity contribution in [3.05, 3.63) is 202 Å². The molecule has 2 aliphatic heterocycles. The van der Waals surface area contributed by atoms with Crippen LogP contribution in [-0.4, -0.2) is 205 Å². The summed E-state index contributed by atoms with van der Waals surface area (Å²) in [5, 5.41) is 15.7. The number of benzene rings is 6. The predicted octanol–water partition coefficient (Wildman–Crippen LogP) is 7.15. The number of esters is 2. The number of aromatic hydroxyl groups is 1. The Balaban J connectivity index is 0.000000302. The van der Waals surface area contributed by atoms with Gasteiger partial charge in [0.05, 0.1) is 146 Å². The van der Waals surface area contributed by atoms with E-state index in [2.05, 4.69) is 38.4 Å². The van der Waals surface area contributed by atoms with Crippen molar-refractivity contribution >= 4 is 63.3 Å². The zero-order valence-electron chi connectivity index (χ0n) is 56.2. The standard InChI is InChI=1S/C38H42N2O10.C35H40N2O10.C3H3Br/c1-2-18-49-31-14-12-29(13-15-31)27-34(38(44)50-28-30-8-4-3-5-9-30)39-35(41)16-19-45-21-23-47-25-26-48-24-22-46-20-17-40-36(42)32-10-6-7-11-33(32)37(40)43;38-28-12-10-26(11-13-28)24-31(35(42)47-25-27-6-2-1-3-7-27)36-32(39)14-16-43-18-20-45-22-23-46-21-19-44-17-15-37-33(40)29-8-4-5-9-30(29)34(37)41;1-2-3-4/h1,3-15,34H,16-28H2,(H,39,41);1-13,31,38H,14-25H2,(H,36,39);1H,3H2/t34-;31-;/m00./s1. The van der Waals surface area contributed by atoms with E-state index in [1.165, 1.54) is 21.9 Å². The van der Waals surface area contributed by atoms with Gasteiger partial charge in [0.25, 0.3) is 23.6 Å². The maximum absolute atomic E-state index is 13.0. The number of hydrogen-bond donors (Lipinski definition) is 3. The predicted molar refractivity (Wildman–Crippen MR) is 375 cm³/mol. The van der Waals surface area contributed by atoms with E-state index >= 15 is 0 Å². The van der Waals surface area contributed by atoms with E-state index in [0.29, 0.717) is 99.4 Å². The maximum atomic E-state index is 13.0. The zero-order chi connectivity index (χ0) is 72.1. The van der Waals surface area contributed by atoms with Crippen LogP contribution < -0.4 is 15.4 Å². The number of fused-ring (bicyclic) bond motifs is 2. The molecule has 536 valence electrons. The van der Waals surface area contributed by atoms with Crippen LogP contribution in [-0.2, 0) is 92.6 Å². The summed E-state index contributed by atoms with van der Waals surface area (Å²) in [4.78, 5) is 103. The second kappa shape index (κ2) is 47.4. The highest BCUT2D eigenvalue weighted by Gasteiger charge is 2.36. The van der Waals surface area contributed by atoms with Gasteiger partial charge >= 0.3 is 11.9 Å². The smallest absolute Gasteiger partial charge is 0.329 e. The van der Waals surface area contributed by atoms with Crippen LogP contribution in [0.25, 0.3) is 0 Å². The Kier molecular flexibility index (Phi) is 37.7. The van der Waals surface area contributed by atoms with Crippen LogP contribution in [0.15, 0.2) is 158 Å². The van der Waals surface area contributed by atoms with Crippen molar-refractivity contribution in [3.8, 4) is 36.2 Å². The number of halogens is 1. The van der Waals surface area contributed by atoms with Crippen LogP contribution in [0.1, 0.15) is 76.5 Å². The lowest BCUT2D eigenvalue weighted by molar-refractivity contribution is -0.149. The van der Waals surface area contributed by atoms with Gasteiger partial charge < -0.3 is 67.8 Å². The molecule has 0 spiro atoms. The van der Waals surface area contributed by atoms with Crippen molar-refractivity contribution in [2.45, 2.75) is 51.0 Å². The third kappa shape index (κ3) is 30.0. The topological polar surface area (TPSA) is 289 Å². The number of carbonyl (C=O) groups is 8. The molecular weight excluding hydrogens is 1370 g/mol. The number of imide groups is 2. The largest absolute Gasteiger partial charge is 0.508 e. The number of rotatable bonds is 44. The third-order valence-electron chi connectivity index (χ3n) is 14.7. The second-order valence-electron chi connectivity index (χ2n) is 22.0. The summed E-state index contributed by atoms with van der Waals surface area (Å²) in [7, 11) is 0. The molecular formula is C76H85BrN4O20. The summed E-state index contributed by atoms with van der Waals surface area (Å²) >= 11 is 3.01. The molecule has 2 heterocycles. The van der Waals surface area contributed by atoms with Gasteiger partial charge in [-0.2, -0.15) is 0 Å². The van der Waals surface area contributed by atoms with Gasteiger partial charge in [0.15, 0.2) is 0 Å². The van der Waals surface area contributed by atoms with E-state index in [0.717, 1.165) is 22.3 Å². The van der Waals surface area contributed by atoms with E-state index in [4.69, 9.17) is 65.0 Å². The number of nitrogens with one attached hydrogen (secondary N) is 2. The molecule has 101 heavy (non-hydrogen) atoms. The average molecular weight is 1450 g/mol. The Morgan fingerprint density at radius 3 is 1.04 bits per heavy atom. The van der Waals surface area contributed by atoms with Crippen LogP contribution in [0.3, 0.4) is 0 Å². The van der Waals surface area contributed by atoms with Crippen molar-refractivity contribution < 1.29 is 95.6 Å². The molecule has 0 saturated heterocycles. The first kappa shape index (κ1) is 80.3. The average Bonchev–Trinajstić information content (AvgIpc) is 1.66. The first-order valence-corrected chi connectivity index (χ1v) is 33.9. The minimum Gasteiger partial charge on any atom is -0.508 e. The fourth-order valence-electron chi connectivity index (χ4n) is 9.58. The number of ether oxygens (including phenoxy) is 11. The summed E-state index contributed by atoms with van der Waals surface area (Å²) in [6.45, 7) is 5.33. The van der Waals surface area contributed by atoms with Gasteiger partial charge in [-0.1, -0.05) is 137 Å². The number of phenolic OH excluding ortho intramolecular Hbond substituents is 1. The van der Waals surface area contributed by atoms with Gasteiger partial charge in [0.1, 0.15) is 43.4 Å². The number of phenols is 1. The molecule has 2 atom stereocenters. The lowest BCUT2D eigenvalue weighted by Crippen LogP contribution is -2.43. The normalized spacial score (nSPS) is 12.5. The number of alkyl halides is 1. The van der Waals surface area contributed by atoms with E-state index in [-0.39, 0.29) is 139 Å². The van der Waals surface area contributed by atoms with Gasteiger partial charge in [-0.15, -0.1) is 12.8 Å². The van der Waals surface area contributed by atoms with Gasteiger partial charge in [-0.25, -0.2) is 9.59 Å². The molecule has 6 amide bonds. The first-order chi connectivity index (χ1) is 49.3.